The fourth-order valence-electron chi connectivity index (χ4n) is 2.18. The van der Waals surface area contributed by atoms with E-state index < -0.39 is 0 Å². The maximum Gasteiger partial charge on any atom is 0.224 e. The second-order valence-corrected chi connectivity index (χ2v) is 6.98. The lowest BCUT2D eigenvalue weighted by Crippen LogP contribution is -2.37. The van der Waals surface area contributed by atoms with Gasteiger partial charge in [-0.3, -0.25) is 9.79 Å². The van der Waals surface area contributed by atoms with Crippen LogP contribution in [0.25, 0.3) is 0 Å². The van der Waals surface area contributed by atoms with Gasteiger partial charge >= 0.3 is 0 Å². The molecule has 0 spiro atoms. The molecule has 142 valence electrons. The Morgan fingerprint density at radius 2 is 1.92 bits per heavy atom. The van der Waals surface area contributed by atoms with E-state index in [1.165, 1.54) is 10.4 Å². The topological polar surface area (TPSA) is 65.5 Å². The van der Waals surface area contributed by atoms with Gasteiger partial charge in [0.15, 0.2) is 5.96 Å². The van der Waals surface area contributed by atoms with E-state index in [2.05, 4.69) is 39.3 Å². The third-order valence-electron chi connectivity index (χ3n) is 3.61. The maximum absolute atomic E-state index is 11.9. The number of hydrogen-bond acceptors (Lipinski definition) is 3. The molecule has 0 atom stereocenters. The van der Waals surface area contributed by atoms with Crippen molar-refractivity contribution in [3.63, 3.8) is 0 Å². The Balaban J connectivity index is 0.00000338. The molecule has 0 aliphatic heterocycles. The van der Waals surface area contributed by atoms with Crippen LogP contribution in [0.1, 0.15) is 23.3 Å². The van der Waals surface area contributed by atoms with Gasteiger partial charge in [-0.05, 0) is 54.6 Å². The number of benzene rings is 1. The van der Waals surface area contributed by atoms with Crippen molar-refractivity contribution in [1.82, 2.24) is 10.6 Å². The quantitative estimate of drug-likeness (QED) is 0.226. The lowest BCUT2D eigenvalue weighted by Gasteiger charge is -2.11. The predicted molar refractivity (Wildman–Crippen MR) is 122 cm³/mol. The molecule has 0 saturated carbocycles. The Labute approximate surface area is 180 Å². The van der Waals surface area contributed by atoms with Crippen LogP contribution in [-0.2, 0) is 11.3 Å². The summed E-state index contributed by atoms with van der Waals surface area (Å²) in [6.45, 7) is 3.53. The number of thiophene rings is 1. The number of aliphatic imine (C=N–C) groups is 1. The van der Waals surface area contributed by atoms with Crippen LogP contribution in [0.5, 0.6) is 0 Å². The molecular weight excluding hydrogens is 483 g/mol. The summed E-state index contributed by atoms with van der Waals surface area (Å²) >= 11 is 7.55. The first kappa shape index (κ1) is 22.7. The fraction of sp³-hybridized carbons (Fsp3) is 0.333. The molecule has 0 unspecified atom stereocenters. The van der Waals surface area contributed by atoms with Crippen molar-refractivity contribution in [2.45, 2.75) is 26.3 Å². The van der Waals surface area contributed by atoms with Crippen LogP contribution in [0.2, 0.25) is 5.02 Å². The smallest absolute Gasteiger partial charge is 0.224 e. The Morgan fingerprint density at radius 1 is 1.19 bits per heavy atom. The van der Waals surface area contributed by atoms with Crippen molar-refractivity contribution in [1.29, 1.82) is 0 Å². The van der Waals surface area contributed by atoms with E-state index >= 15 is 0 Å². The van der Waals surface area contributed by atoms with Crippen LogP contribution in [0.3, 0.4) is 0 Å². The van der Waals surface area contributed by atoms with Gasteiger partial charge in [0.05, 0.1) is 6.54 Å². The number of rotatable bonds is 7. The maximum atomic E-state index is 11.9. The SMILES string of the molecule is CN=C(NCCCC(=O)Nc1ccc(Cl)cc1)NCc1sccc1C.I. The second kappa shape index (κ2) is 12.1. The predicted octanol–water partition coefficient (Wildman–Crippen LogP) is 4.41. The monoisotopic (exact) mass is 506 g/mol. The van der Waals surface area contributed by atoms with E-state index in [-0.39, 0.29) is 29.9 Å². The van der Waals surface area contributed by atoms with Crippen LogP contribution < -0.4 is 16.0 Å². The van der Waals surface area contributed by atoms with Gasteiger partial charge in [-0.15, -0.1) is 35.3 Å². The summed E-state index contributed by atoms with van der Waals surface area (Å²) in [4.78, 5) is 17.4. The van der Waals surface area contributed by atoms with Gasteiger partial charge in [0.25, 0.3) is 0 Å². The van der Waals surface area contributed by atoms with Gasteiger partial charge < -0.3 is 16.0 Å². The van der Waals surface area contributed by atoms with Gasteiger partial charge in [-0.2, -0.15) is 0 Å². The summed E-state index contributed by atoms with van der Waals surface area (Å²) < 4.78 is 0. The number of guanidine groups is 1. The van der Waals surface area contributed by atoms with Crippen LogP contribution in [0.15, 0.2) is 40.7 Å². The minimum absolute atomic E-state index is 0. The number of nitrogens with one attached hydrogen (secondary N) is 3. The van der Waals surface area contributed by atoms with Gasteiger partial charge in [0.1, 0.15) is 0 Å². The van der Waals surface area contributed by atoms with E-state index in [0.717, 1.165) is 24.6 Å². The minimum atomic E-state index is -0.0127. The number of amides is 1. The summed E-state index contributed by atoms with van der Waals surface area (Å²) in [5.41, 5.74) is 2.04. The number of anilines is 1. The van der Waals surface area contributed by atoms with Crippen LogP contribution in [-0.4, -0.2) is 25.5 Å². The summed E-state index contributed by atoms with van der Waals surface area (Å²) in [5, 5.41) is 12.1. The molecule has 0 saturated heterocycles. The Morgan fingerprint density at radius 3 is 2.54 bits per heavy atom. The summed E-state index contributed by atoms with van der Waals surface area (Å²) in [7, 11) is 1.74. The highest BCUT2D eigenvalue weighted by Gasteiger charge is 2.04. The number of nitrogens with zero attached hydrogens (tertiary/aromatic N) is 1. The lowest BCUT2D eigenvalue weighted by atomic mass is 10.2. The van der Waals surface area contributed by atoms with Crippen molar-refractivity contribution in [2.75, 3.05) is 18.9 Å². The number of carbonyl (C=O) groups is 1. The number of halogens is 2. The molecule has 26 heavy (non-hydrogen) atoms. The first-order chi connectivity index (χ1) is 12.1. The lowest BCUT2D eigenvalue weighted by molar-refractivity contribution is -0.116. The summed E-state index contributed by atoms with van der Waals surface area (Å²) in [6.07, 6.45) is 1.16. The Hall–Kier alpha value is -1.32. The zero-order valence-electron chi connectivity index (χ0n) is 14.8. The van der Waals surface area contributed by atoms with Crippen molar-refractivity contribution in [3.8, 4) is 0 Å². The molecule has 0 radical (unpaired) electrons. The molecule has 0 bridgehead atoms. The average Bonchev–Trinajstić information content (AvgIpc) is 3.01. The van der Waals surface area contributed by atoms with E-state index in [1.807, 2.05) is 0 Å². The fourth-order valence-corrected chi connectivity index (χ4v) is 3.15. The molecular formula is C18H24ClIN4OS. The molecule has 0 aliphatic carbocycles. The van der Waals surface area contributed by atoms with E-state index in [4.69, 9.17) is 11.6 Å². The molecule has 2 aromatic rings. The first-order valence-corrected chi connectivity index (χ1v) is 9.37. The zero-order chi connectivity index (χ0) is 18.1. The van der Waals surface area contributed by atoms with Gasteiger partial charge in [0, 0.05) is 35.6 Å². The normalized spacial score (nSPS) is 10.8. The van der Waals surface area contributed by atoms with Crippen molar-refractivity contribution < 1.29 is 4.79 Å². The Bertz CT molecular complexity index is 718. The standard InChI is InChI=1S/C18H23ClN4OS.HI/c1-13-9-11-25-16(13)12-22-18(20-2)21-10-3-4-17(24)23-15-7-5-14(19)6-8-15;/h5-9,11H,3-4,10,12H2,1-2H3,(H,23,24)(H2,20,21,22);1H. The van der Waals surface area contributed by atoms with Crippen molar-refractivity contribution in [2.24, 2.45) is 4.99 Å². The molecule has 0 aliphatic rings. The second-order valence-electron chi connectivity index (χ2n) is 5.54. The van der Waals surface area contributed by atoms with Crippen LogP contribution >= 0.6 is 46.9 Å². The molecule has 1 heterocycles. The Kier molecular flexibility index (Phi) is 10.6. The van der Waals surface area contributed by atoms with E-state index in [0.29, 0.717) is 18.0 Å². The van der Waals surface area contributed by atoms with Gasteiger partial charge in [0.2, 0.25) is 5.91 Å². The number of carbonyl (C=O) groups excluding carboxylic acids is 1. The van der Waals surface area contributed by atoms with Crippen LogP contribution in [0, 0.1) is 6.92 Å². The molecule has 3 N–H and O–H groups in total. The third kappa shape index (κ3) is 7.92. The minimum Gasteiger partial charge on any atom is -0.356 e. The first-order valence-electron chi connectivity index (χ1n) is 8.11. The van der Waals surface area contributed by atoms with Crippen LogP contribution in [0.4, 0.5) is 5.69 Å². The molecule has 5 nitrogen and oxygen atoms in total. The zero-order valence-corrected chi connectivity index (χ0v) is 18.7. The average molecular weight is 507 g/mol. The summed E-state index contributed by atoms with van der Waals surface area (Å²) in [6, 6.07) is 9.19. The van der Waals surface area contributed by atoms with Gasteiger partial charge in [-0.25, -0.2) is 0 Å². The molecule has 1 amide bonds. The van der Waals surface area contributed by atoms with E-state index in [9.17, 15) is 4.79 Å². The van der Waals surface area contributed by atoms with Gasteiger partial charge in [-0.1, -0.05) is 11.6 Å². The van der Waals surface area contributed by atoms with Crippen molar-refractivity contribution in [3.05, 3.63) is 51.2 Å². The van der Waals surface area contributed by atoms with E-state index in [1.54, 1.807) is 42.6 Å². The summed E-state index contributed by atoms with van der Waals surface area (Å²) in [5.74, 6) is 0.729. The highest BCUT2D eigenvalue weighted by Crippen LogP contribution is 2.15. The molecule has 1 aromatic carbocycles. The number of hydrogen-bond donors (Lipinski definition) is 3. The third-order valence-corrected chi connectivity index (χ3v) is 4.88. The molecule has 2 rings (SSSR count). The largest absolute Gasteiger partial charge is 0.356 e. The number of aryl methyl sites for hydroxylation is 1. The highest BCUT2D eigenvalue weighted by atomic mass is 127. The molecule has 1 aromatic heterocycles. The van der Waals surface area contributed by atoms with Crippen molar-refractivity contribution >= 4 is 64.5 Å². The highest BCUT2D eigenvalue weighted by molar-refractivity contribution is 14.0. The molecule has 8 heteroatoms. The molecule has 0 fully saturated rings.